The highest BCUT2D eigenvalue weighted by molar-refractivity contribution is 6.10. The zero-order chi connectivity index (χ0) is 22.7. The van der Waals surface area contributed by atoms with Gasteiger partial charge < -0.3 is 10.2 Å². The SMILES string of the molecule is C=C1N(c2cnc(C#N)c(C(F)(F)F)c2)C(=O)C2(CCC2)N1c1ccc2c(c1)CCNC2. The van der Waals surface area contributed by atoms with Crippen molar-refractivity contribution in [3.63, 3.8) is 0 Å². The van der Waals surface area contributed by atoms with E-state index in [2.05, 4.69) is 22.9 Å². The lowest BCUT2D eigenvalue weighted by atomic mass is 9.75. The van der Waals surface area contributed by atoms with Gasteiger partial charge in [-0.3, -0.25) is 9.69 Å². The van der Waals surface area contributed by atoms with Crippen molar-refractivity contribution < 1.29 is 18.0 Å². The van der Waals surface area contributed by atoms with Crippen LogP contribution in [0.4, 0.5) is 24.5 Å². The fraction of sp³-hybridized carbons (Fsp3) is 0.348. The van der Waals surface area contributed by atoms with Crippen molar-refractivity contribution in [1.82, 2.24) is 10.3 Å². The molecule has 1 N–H and O–H groups in total. The number of hydrogen-bond acceptors (Lipinski definition) is 5. The van der Waals surface area contributed by atoms with Crippen LogP contribution in [0.1, 0.15) is 41.6 Å². The molecular formula is C23H20F3N5O. The average Bonchev–Trinajstić information content (AvgIpc) is 2.99. The Morgan fingerprint density at radius 1 is 1.19 bits per heavy atom. The lowest BCUT2D eigenvalue weighted by Crippen LogP contribution is -2.54. The molecule has 1 aromatic carbocycles. The molecule has 1 aliphatic carbocycles. The molecule has 0 atom stereocenters. The Kier molecular flexibility index (Phi) is 4.53. The Hall–Kier alpha value is -3.38. The molecule has 2 aromatic rings. The van der Waals surface area contributed by atoms with Gasteiger partial charge in [-0.15, -0.1) is 0 Å². The summed E-state index contributed by atoms with van der Waals surface area (Å²) in [4.78, 5) is 20.3. The van der Waals surface area contributed by atoms with Crippen molar-refractivity contribution in [2.24, 2.45) is 0 Å². The first-order valence-electron chi connectivity index (χ1n) is 10.4. The molecule has 0 unspecified atom stereocenters. The topological polar surface area (TPSA) is 72.3 Å². The number of aromatic nitrogens is 1. The van der Waals surface area contributed by atoms with Crippen molar-refractivity contribution in [2.75, 3.05) is 16.3 Å². The monoisotopic (exact) mass is 439 g/mol. The summed E-state index contributed by atoms with van der Waals surface area (Å²) in [5.41, 5.74) is 0.407. The number of benzene rings is 1. The van der Waals surface area contributed by atoms with Crippen LogP contribution >= 0.6 is 0 Å². The number of carbonyl (C=O) groups is 1. The Balaban J connectivity index is 1.59. The maximum atomic E-state index is 13.5. The average molecular weight is 439 g/mol. The van der Waals surface area contributed by atoms with E-state index < -0.39 is 23.0 Å². The molecule has 2 fully saturated rings. The van der Waals surface area contributed by atoms with Crippen molar-refractivity contribution in [3.8, 4) is 6.07 Å². The van der Waals surface area contributed by atoms with E-state index in [1.807, 2.05) is 17.0 Å². The third kappa shape index (κ3) is 2.90. The van der Waals surface area contributed by atoms with Crippen LogP contribution in [-0.2, 0) is 23.9 Å². The van der Waals surface area contributed by atoms with Gasteiger partial charge in [-0.25, -0.2) is 4.98 Å². The summed E-state index contributed by atoms with van der Waals surface area (Å²) in [6.07, 6.45) is -0.740. The number of halogens is 3. The largest absolute Gasteiger partial charge is 0.419 e. The highest BCUT2D eigenvalue weighted by Gasteiger charge is 2.59. The fourth-order valence-corrected chi connectivity index (χ4v) is 4.86. The fourth-order valence-electron chi connectivity index (χ4n) is 4.86. The number of nitrogens with one attached hydrogen (secondary N) is 1. The van der Waals surface area contributed by atoms with E-state index >= 15 is 0 Å². The van der Waals surface area contributed by atoms with Crippen molar-refractivity contribution in [3.05, 3.63) is 65.2 Å². The lowest BCUT2D eigenvalue weighted by Gasteiger charge is -2.43. The standard InChI is InChI=1S/C23H20F3N5O/c1-14-30(18-10-19(23(24,25)26)20(11-27)29-13-18)21(32)22(6-2-7-22)31(14)17-4-3-16-12-28-8-5-15(16)9-17/h3-4,9-10,13,28H,1-2,5-8,12H2. The lowest BCUT2D eigenvalue weighted by molar-refractivity contribution is -0.138. The third-order valence-electron chi connectivity index (χ3n) is 6.60. The van der Waals surface area contributed by atoms with E-state index in [1.54, 1.807) is 0 Å². The molecule has 1 saturated heterocycles. The summed E-state index contributed by atoms with van der Waals surface area (Å²) in [6, 6.07) is 8.29. The van der Waals surface area contributed by atoms with Crippen LogP contribution in [0.15, 0.2) is 42.9 Å². The number of carbonyl (C=O) groups excluding carboxylic acids is 1. The van der Waals surface area contributed by atoms with Gasteiger partial charge in [0, 0.05) is 12.2 Å². The first-order chi connectivity index (χ1) is 15.3. The smallest absolute Gasteiger partial charge is 0.313 e. The number of pyridine rings is 1. The minimum Gasteiger partial charge on any atom is -0.313 e. The van der Waals surface area contributed by atoms with Gasteiger partial charge >= 0.3 is 6.18 Å². The van der Waals surface area contributed by atoms with Crippen molar-refractivity contribution in [1.29, 1.82) is 5.26 Å². The maximum Gasteiger partial charge on any atom is 0.419 e. The van der Waals surface area contributed by atoms with E-state index in [9.17, 15) is 18.0 Å². The highest BCUT2D eigenvalue weighted by Crippen LogP contribution is 2.51. The number of nitriles is 1. The normalized spacial score (nSPS) is 19.7. The zero-order valence-electron chi connectivity index (χ0n) is 17.2. The molecule has 0 bridgehead atoms. The predicted molar refractivity (Wildman–Crippen MR) is 111 cm³/mol. The summed E-state index contributed by atoms with van der Waals surface area (Å²) in [5, 5.41) is 12.4. The number of anilines is 2. The van der Waals surface area contributed by atoms with Gasteiger partial charge in [-0.2, -0.15) is 18.4 Å². The van der Waals surface area contributed by atoms with Crippen LogP contribution in [0, 0.1) is 11.3 Å². The first-order valence-corrected chi connectivity index (χ1v) is 10.4. The number of amides is 1. The van der Waals surface area contributed by atoms with Crippen LogP contribution in [-0.4, -0.2) is 23.0 Å². The summed E-state index contributed by atoms with van der Waals surface area (Å²) in [7, 11) is 0. The first kappa shape index (κ1) is 20.5. The summed E-state index contributed by atoms with van der Waals surface area (Å²) in [5.74, 6) is -0.0176. The van der Waals surface area contributed by atoms with E-state index in [4.69, 9.17) is 5.26 Å². The van der Waals surface area contributed by atoms with Crippen LogP contribution < -0.4 is 15.1 Å². The second kappa shape index (κ2) is 7.07. The summed E-state index contributed by atoms with van der Waals surface area (Å²) < 4.78 is 40.5. The van der Waals surface area contributed by atoms with Gasteiger partial charge in [0.25, 0.3) is 5.91 Å². The van der Waals surface area contributed by atoms with Crippen LogP contribution in [0.5, 0.6) is 0 Å². The molecule has 1 spiro atoms. The molecule has 5 rings (SSSR count). The van der Waals surface area contributed by atoms with Gasteiger partial charge in [0.05, 0.1) is 17.4 Å². The van der Waals surface area contributed by atoms with Gasteiger partial charge in [0.2, 0.25) is 0 Å². The Bertz CT molecular complexity index is 1180. The second-order valence-electron chi connectivity index (χ2n) is 8.36. The number of alkyl halides is 3. The number of hydrogen-bond donors (Lipinski definition) is 1. The van der Waals surface area contributed by atoms with Crippen molar-refractivity contribution in [2.45, 2.75) is 43.9 Å². The van der Waals surface area contributed by atoms with Crippen molar-refractivity contribution >= 4 is 17.3 Å². The molecule has 1 amide bonds. The third-order valence-corrected chi connectivity index (χ3v) is 6.60. The van der Waals surface area contributed by atoms with E-state index in [0.29, 0.717) is 18.7 Å². The Labute approximate surface area is 183 Å². The van der Waals surface area contributed by atoms with E-state index in [1.165, 1.54) is 22.1 Å². The highest BCUT2D eigenvalue weighted by atomic mass is 19.4. The molecule has 0 radical (unpaired) electrons. The molecule has 1 saturated carbocycles. The minimum absolute atomic E-state index is 0.0396. The predicted octanol–water partition coefficient (Wildman–Crippen LogP) is 3.86. The summed E-state index contributed by atoms with van der Waals surface area (Å²) in [6.45, 7) is 5.74. The number of fused-ring (bicyclic) bond motifs is 1. The van der Waals surface area contributed by atoms with Gasteiger partial charge in [-0.1, -0.05) is 12.6 Å². The molecule has 164 valence electrons. The molecule has 1 aromatic heterocycles. The molecular weight excluding hydrogens is 419 g/mol. The Morgan fingerprint density at radius 2 is 1.97 bits per heavy atom. The molecule has 3 aliphatic rings. The molecule has 6 nitrogen and oxygen atoms in total. The number of rotatable bonds is 2. The van der Waals surface area contributed by atoms with Crippen LogP contribution in [0.2, 0.25) is 0 Å². The van der Waals surface area contributed by atoms with E-state index in [-0.39, 0.29) is 11.6 Å². The van der Waals surface area contributed by atoms with Gasteiger partial charge in [0.1, 0.15) is 17.4 Å². The van der Waals surface area contributed by atoms with Gasteiger partial charge in [-0.05, 0) is 61.6 Å². The Morgan fingerprint density at radius 3 is 2.62 bits per heavy atom. The molecule has 32 heavy (non-hydrogen) atoms. The summed E-state index contributed by atoms with van der Waals surface area (Å²) >= 11 is 0. The van der Waals surface area contributed by atoms with Crippen LogP contribution in [0.3, 0.4) is 0 Å². The zero-order valence-corrected chi connectivity index (χ0v) is 17.2. The minimum atomic E-state index is -4.77. The van der Waals surface area contributed by atoms with E-state index in [0.717, 1.165) is 43.9 Å². The number of nitrogens with zero attached hydrogens (tertiary/aromatic N) is 4. The van der Waals surface area contributed by atoms with Crippen LogP contribution in [0.25, 0.3) is 0 Å². The molecule has 9 heteroatoms. The van der Waals surface area contributed by atoms with Gasteiger partial charge in [0.15, 0.2) is 5.69 Å². The second-order valence-corrected chi connectivity index (χ2v) is 8.36. The maximum absolute atomic E-state index is 13.5. The quantitative estimate of drug-likeness (QED) is 0.769. The molecule has 3 heterocycles. The molecule has 2 aliphatic heterocycles.